The minimum atomic E-state index is -0.0155. The summed E-state index contributed by atoms with van der Waals surface area (Å²) in [5, 5.41) is 1.21. The predicted octanol–water partition coefficient (Wildman–Crippen LogP) is 5.49. The van der Waals surface area contributed by atoms with E-state index in [4.69, 9.17) is 14.2 Å². The van der Waals surface area contributed by atoms with E-state index in [2.05, 4.69) is 30.1 Å². The minimum absolute atomic E-state index is 0.0155. The molecular weight excluding hydrogens is 428 g/mol. The van der Waals surface area contributed by atoms with E-state index in [1.165, 1.54) is 10.9 Å². The van der Waals surface area contributed by atoms with Gasteiger partial charge in [0.05, 0.1) is 6.61 Å². The van der Waals surface area contributed by atoms with E-state index in [0.717, 1.165) is 40.4 Å². The third-order valence-electron chi connectivity index (χ3n) is 6.17. The smallest absolute Gasteiger partial charge is 0.254 e. The average Bonchev–Trinajstić information content (AvgIpc) is 3.45. The highest BCUT2D eigenvalue weighted by Gasteiger charge is 2.20. The number of para-hydroxylation sites is 1. The fourth-order valence-corrected chi connectivity index (χ4v) is 4.46. The molecule has 34 heavy (non-hydrogen) atoms. The van der Waals surface area contributed by atoms with Crippen LogP contribution >= 0.6 is 0 Å². The molecule has 5 rings (SSSR count). The number of fused-ring (bicyclic) bond motifs is 2. The largest absolute Gasteiger partial charge is 0.494 e. The molecule has 0 fully saturated rings. The van der Waals surface area contributed by atoms with Crippen LogP contribution in [0.4, 0.5) is 0 Å². The van der Waals surface area contributed by atoms with Gasteiger partial charge in [0.25, 0.3) is 5.91 Å². The van der Waals surface area contributed by atoms with Crippen LogP contribution in [0.2, 0.25) is 0 Å². The van der Waals surface area contributed by atoms with Crippen molar-refractivity contribution in [2.75, 3.05) is 19.9 Å². The highest BCUT2D eigenvalue weighted by atomic mass is 16.7. The molecule has 3 aromatic carbocycles. The molecule has 1 aliphatic rings. The van der Waals surface area contributed by atoms with Crippen molar-refractivity contribution in [3.05, 3.63) is 89.1 Å². The van der Waals surface area contributed by atoms with E-state index in [9.17, 15) is 4.79 Å². The summed E-state index contributed by atoms with van der Waals surface area (Å²) < 4.78 is 16.5. The SMILES string of the molecule is CCOc1ccc(C(=O)N(CCc2c(C)[nH]c3ccccc23)Cc2ccc3c(c2)OCO3)cc1. The molecule has 0 atom stereocenters. The number of amides is 1. The lowest BCUT2D eigenvalue weighted by molar-refractivity contribution is 0.0745. The molecule has 1 N–H and O–H groups in total. The van der Waals surface area contributed by atoms with Crippen molar-refractivity contribution in [1.82, 2.24) is 9.88 Å². The summed E-state index contributed by atoms with van der Waals surface area (Å²) in [5.41, 5.74) is 5.14. The van der Waals surface area contributed by atoms with Crippen molar-refractivity contribution in [2.24, 2.45) is 0 Å². The Labute approximate surface area is 199 Å². The summed E-state index contributed by atoms with van der Waals surface area (Å²) in [5.74, 6) is 2.20. The number of carbonyl (C=O) groups excluding carboxylic acids is 1. The molecule has 174 valence electrons. The molecule has 4 aromatic rings. The van der Waals surface area contributed by atoms with Gasteiger partial charge in [0.15, 0.2) is 11.5 Å². The van der Waals surface area contributed by atoms with Gasteiger partial charge in [-0.3, -0.25) is 4.79 Å². The number of H-pyrrole nitrogens is 1. The van der Waals surface area contributed by atoms with Crippen molar-refractivity contribution >= 4 is 16.8 Å². The lowest BCUT2D eigenvalue weighted by Gasteiger charge is -2.23. The molecule has 2 heterocycles. The minimum Gasteiger partial charge on any atom is -0.494 e. The van der Waals surface area contributed by atoms with Gasteiger partial charge in [-0.15, -0.1) is 0 Å². The van der Waals surface area contributed by atoms with Crippen LogP contribution in [0.15, 0.2) is 66.7 Å². The van der Waals surface area contributed by atoms with E-state index in [1.54, 1.807) is 0 Å². The summed E-state index contributed by atoms with van der Waals surface area (Å²) in [6.07, 6.45) is 0.753. The maximum atomic E-state index is 13.6. The predicted molar refractivity (Wildman–Crippen MR) is 132 cm³/mol. The van der Waals surface area contributed by atoms with Gasteiger partial charge in [-0.25, -0.2) is 0 Å². The monoisotopic (exact) mass is 456 g/mol. The van der Waals surface area contributed by atoms with Gasteiger partial charge in [-0.2, -0.15) is 0 Å². The Balaban J connectivity index is 1.41. The molecule has 1 aliphatic heterocycles. The summed E-state index contributed by atoms with van der Waals surface area (Å²) >= 11 is 0. The Morgan fingerprint density at radius 3 is 2.65 bits per heavy atom. The maximum Gasteiger partial charge on any atom is 0.254 e. The molecular formula is C28H28N2O4. The van der Waals surface area contributed by atoms with E-state index >= 15 is 0 Å². The molecule has 0 saturated heterocycles. The van der Waals surface area contributed by atoms with E-state index in [-0.39, 0.29) is 12.7 Å². The Kier molecular flexibility index (Phi) is 6.12. The Morgan fingerprint density at radius 2 is 1.82 bits per heavy atom. The first-order valence-electron chi connectivity index (χ1n) is 11.6. The maximum absolute atomic E-state index is 13.6. The number of benzene rings is 3. The second-order valence-corrected chi connectivity index (χ2v) is 8.40. The van der Waals surface area contributed by atoms with Gasteiger partial charge >= 0.3 is 0 Å². The zero-order chi connectivity index (χ0) is 23.5. The molecule has 6 nitrogen and oxygen atoms in total. The number of hydrogen-bond donors (Lipinski definition) is 1. The number of nitrogens with zero attached hydrogens (tertiary/aromatic N) is 1. The van der Waals surface area contributed by atoms with Crippen molar-refractivity contribution in [3.63, 3.8) is 0 Å². The highest BCUT2D eigenvalue weighted by molar-refractivity contribution is 5.94. The zero-order valence-electron chi connectivity index (χ0n) is 19.5. The third kappa shape index (κ3) is 4.44. The standard InChI is InChI=1S/C28H28N2O4/c1-3-32-22-11-9-21(10-12-22)28(31)30(17-20-8-13-26-27(16-20)34-18-33-26)15-14-23-19(2)29-25-7-5-4-6-24(23)25/h4-13,16,29H,3,14-15,17-18H2,1-2H3. The van der Waals surface area contributed by atoms with Gasteiger partial charge in [-0.1, -0.05) is 24.3 Å². The lowest BCUT2D eigenvalue weighted by atomic mass is 10.1. The molecule has 0 saturated carbocycles. The molecule has 0 bridgehead atoms. The van der Waals surface area contributed by atoms with Crippen LogP contribution in [-0.4, -0.2) is 35.7 Å². The molecule has 0 radical (unpaired) electrons. The van der Waals surface area contributed by atoms with Gasteiger partial charge in [0.1, 0.15) is 5.75 Å². The van der Waals surface area contributed by atoms with Gasteiger partial charge in [0.2, 0.25) is 6.79 Å². The second-order valence-electron chi connectivity index (χ2n) is 8.40. The first-order chi connectivity index (χ1) is 16.6. The van der Waals surface area contributed by atoms with E-state index < -0.39 is 0 Å². The van der Waals surface area contributed by atoms with Crippen molar-refractivity contribution in [1.29, 1.82) is 0 Å². The van der Waals surface area contributed by atoms with Crippen LogP contribution < -0.4 is 14.2 Å². The van der Waals surface area contributed by atoms with Crippen LogP contribution in [0.25, 0.3) is 10.9 Å². The van der Waals surface area contributed by atoms with Crippen LogP contribution in [0.1, 0.15) is 34.1 Å². The van der Waals surface area contributed by atoms with Crippen LogP contribution in [0.5, 0.6) is 17.2 Å². The van der Waals surface area contributed by atoms with E-state index in [1.807, 2.05) is 60.4 Å². The molecule has 0 unspecified atom stereocenters. The first kappa shape index (κ1) is 21.9. The lowest BCUT2D eigenvalue weighted by Crippen LogP contribution is -2.32. The molecule has 0 spiro atoms. The van der Waals surface area contributed by atoms with Crippen LogP contribution in [0, 0.1) is 6.92 Å². The topological polar surface area (TPSA) is 63.8 Å². The van der Waals surface area contributed by atoms with E-state index in [0.29, 0.717) is 25.3 Å². The molecule has 6 heteroatoms. The molecule has 1 aromatic heterocycles. The summed E-state index contributed by atoms with van der Waals surface area (Å²) in [6.45, 7) is 5.92. The zero-order valence-corrected chi connectivity index (χ0v) is 19.5. The Morgan fingerprint density at radius 1 is 1.03 bits per heavy atom. The number of aromatic nitrogens is 1. The van der Waals surface area contributed by atoms with Gasteiger partial charge in [-0.05, 0) is 73.9 Å². The van der Waals surface area contributed by atoms with Crippen LogP contribution in [-0.2, 0) is 13.0 Å². The average molecular weight is 457 g/mol. The first-order valence-corrected chi connectivity index (χ1v) is 11.6. The third-order valence-corrected chi connectivity index (χ3v) is 6.17. The Bertz CT molecular complexity index is 1310. The number of hydrogen-bond acceptors (Lipinski definition) is 4. The number of aryl methyl sites for hydroxylation is 1. The Hall–Kier alpha value is -3.93. The van der Waals surface area contributed by atoms with Gasteiger partial charge < -0.3 is 24.1 Å². The second kappa shape index (κ2) is 9.51. The summed E-state index contributed by atoms with van der Waals surface area (Å²) in [6, 6.07) is 21.5. The normalized spacial score (nSPS) is 12.2. The number of nitrogens with one attached hydrogen (secondary N) is 1. The summed E-state index contributed by atoms with van der Waals surface area (Å²) in [7, 11) is 0. The highest BCUT2D eigenvalue weighted by Crippen LogP contribution is 2.33. The number of rotatable bonds is 8. The number of ether oxygens (including phenoxy) is 3. The number of carbonyl (C=O) groups is 1. The molecule has 1 amide bonds. The van der Waals surface area contributed by atoms with Crippen LogP contribution in [0.3, 0.4) is 0 Å². The fourth-order valence-electron chi connectivity index (χ4n) is 4.46. The quantitative estimate of drug-likeness (QED) is 0.381. The van der Waals surface area contributed by atoms with Crippen molar-refractivity contribution in [2.45, 2.75) is 26.8 Å². The molecule has 0 aliphatic carbocycles. The van der Waals surface area contributed by atoms with Gasteiger partial charge in [0, 0.05) is 35.2 Å². The van der Waals surface area contributed by atoms with Crippen molar-refractivity contribution in [3.8, 4) is 17.2 Å². The fraction of sp³-hybridized carbons (Fsp3) is 0.250. The summed E-state index contributed by atoms with van der Waals surface area (Å²) in [4.78, 5) is 18.9. The number of aromatic amines is 1. The van der Waals surface area contributed by atoms with Crippen molar-refractivity contribution < 1.29 is 19.0 Å².